The largest absolute Gasteiger partial charge is 0.393 e. The van der Waals surface area contributed by atoms with Crippen LogP contribution in [0.25, 0.3) is 0 Å². The van der Waals surface area contributed by atoms with Gasteiger partial charge in [-0.3, -0.25) is 0 Å². The molecule has 0 aliphatic rings. The molecule has 2 nitrogen and oxygen atoms in total. The van der Waals surface area contributed by atoms with Crippen molar-refractivity contribution in [1.82, 2.24) is 0 Å². The van der Waals surface area contributed by atoms with E-state index in [-0.39, 0.29) is 12.2 Å². The molecule has 0 heterocycles. The molecule has 0 aliphatic heterocycles. The van der Waals surface area contributed by atoms with Gasteiger partial charge in [0.25, 0.3) is 0 Å². The summed E-state index contributed by atoms with van der Waals surface area (Å²) in [5.41, 5.74) is 0. The second kappa shape index (κ2) is 15.3. The van der Waals surface area contributed by atoms with Gasteiger partial charge in [0.05, 0.1) is 12.2 Å². The fourth-order valence-corrected chi connectivity index (χ4v) is 2.62. The van der Waals surface area contributed by atoms with Crippen LogP contribution in [0.3, 0.4) is 0 Å². The molecule has 0 rings (SSSR count). The summed E-state index contributed by atoms with van der Waals surface area (Å²) in [6, 6.07) is 0. The van der Waals surface area contributed by atoms with Crippen LogP contribution in [0.15, 0.2) is 0 Å². The molecule has 0 aromatic heterocycles. The van der Waals surface area contributed by atoms with Gasteiger partial charge in [0, 0.05) is 0 Å². The minimum Gasteiger partial charge on any atom is -0.393 e. The molecule has 0 bridgehead atoms. The zero-order valence-electron chi connectivity index (χ0n) is 13.9. The molecule has 2 heteroatoms. The molecule has 0 aromatic rings. The van der Waals surface area contributed by atoms with Crippen LogP contribution in [0.5, 0.6) is 0 Å². The average molecular weight is 286 g/mol. The summed E-state index contributed by atoms with van der Waals surface area (Å²) in [6.45, 7) is 4.27. The Morgan fingerprint density at radius 1 is 0.550 bits per heavy atom. The first kappa shape index (κ1) is 19.9. The number of hydrogen-bond donors (Lipinski definition) is 2. The van der Waals surface area contributed by atoms with E-state index >= 15 is 0 Å². The van der Waals surface area contributed by atoms with Crippen molar-refractivity contribution < 1.29 is 10.2 Å². The maximum absolute atomic E-state index is 9.88. The molecule has 0 saturated carbocycles. The van der Waals surface area contributed by atoms with Gasteiger partial charge in [-0.2, -0.15) is 0 Å². The Morgan fingerprint density at radius 2 is 0.950 bits per heavy atom. The lowest BCUT2D eigenvalue weighted by atomic mass is 10.0. The Labute approximate surface area is 127 Å². The molecule has 20 heavy (non-hydrogen) atoms. The summed E-state index contributed by atoms with van der Waals surface area (Å²) < 4.78 is 0. The van der Waals surface area contributed by atoms with E-state index in [0.717, 1.165) is 38.5 Å². The molecule has 0 saturated heterocycles. The van der Waals surface area contributed by atoms with Crippen molar-refractivity contribution >= 4 is 0 Å². The smallest absolute Gasteiger partial charge is 0.0540 e. The van der Waals surface area contributed by atoms with Gasteiger partial charge in [0.15, 0.2) is 0 Å². The molecule has 0 radical (unpaired) electrons. The Hall–Kier alpha value is -0.0800. The predicted octanol–water partition coefficient (Wildman–Crippen LogP) is 5.21. The van der Waals surface area contributed by atoms with Crippen LogP contribution in [0.2, 0.25) is 0 Å². The molecule has 0 amide bonds. The molecule has 2 N–H and O–H groups in total. The van der Waals surface area contributed by atoms with Crippen molar-refractivity contribution in [2.24, 2.45) is 0 Å². The fourth-order valence-electron chi connectivity index (χ4n) is 2.62. The van der Waals surface area contributed by atoms with Crippen LogP contribution in [-0.2, 0) is 0 Å². The average Bonchev–Trinajstić information content (AvgIpc) is 2.46. The highest BCUT2D eigenvalue weighted by Gasteiger charge is 2.05. The highest BCUT2D eigenvalue weighted by atomic mass is 16.3. The monoisotopic (exact) mass is 286 g/mol. The van der Waals surface area contributed by atoms with E-state index in [4.69, 9.17) is 0 Å². The summed E-state index contributed by atoms with van der Waals surface area (Å²) in [4.78, 5) is 0. The Kier molecular flexibility index (Phi) is 15.3. The highest BCUT2D eigenvalue weighted by Crippen LogP contribution is 2.14. The van der Waals surface area contributed by atoms with Crippen LogP contribution >= 0.6 is 0 Å². The molecular formula is C18H38O2. The summed E-state index contributed by atoms with van der Waals surface area (Å²) in [5, 5.41) is 19.3. The van der Waals surface area contributed by atoms with E-state index in [9.17, 15) is 10.2 Å². The Balaban J connectivity index is 3.18. The van der Waals surface area contributed by atoms with Gasteiger partial charge >= 0.3 is 0 Å². The molecule has 0 spiro atoms. The van der Waals surface area contributed by atoms with Crippen molar-refractivity contribution in [2.75, 3.05) is 0 Å². The lowest BCUT2D eigenvalue weighted by molar-refractivity contribution is 0.135. The maximum Gasteiger partial charge on any atom is 0.0540 e. The maximum atomic E-state index is 9.88. The van der Waals surface area contributed by atoms with E-state index in [1.54, 1.807) is 0 Å². The lowest BCUT2D eigenvalue weighted by Gasteiger charge is -2.11. The van der Waals surface area contributed by atoms with Crippen LogP contribution in [0, 0.1) is 0 Å². The zero-order valence-corrected chi connectivity index (χ0v) is 13.9. The number of unbranched alkanes of at least 4 members (excludes halogenated alkanes) is 8. The molecule has 2 atom stereocenters. The van der Waals surface area contributed by atoms with Crippen LogP contribution in [0.1, 0.15) is 104 Å². The third kappa shape index (κ3) is 14.3. The topological polar surface area (TPSA) is 40.5 Å². The standard InChI is InChI=1S/C18H38O2/c1-3-5-6-7-8-9-10-11-15-18(20)16-13-12-14-17(19)4-2/h17-20H,3-16H2,1-2H3. The number of aliphatic hydroxyl groups excluding tert-OH is 2. The highest BCUT2D eigenvalue weighted by molar-refractivity contribution is 4.59. The summed E-state index contributed by atoms with van der Waals surface area (Å²) in [5.74, 6) is 0. The van der Waals surface area contributed by atoms with Crippen molar-refractivity contribution in [3.05, 3.63) is 0 Å². The van der Waals surface area contributed by atoms with Crippen LogP contribution in [-0.4, -0.2) is 22.4 Å². The van der Waals surface area contributed by atoms with E-state index in [1.165, 1.54) is 51.4 Å². The van der Waals surface area contributed by atoms with E-state index in [1.807, 2.05) is 6.92 Å². The third-order valence-electron chi connectivity index (χ3n) is 4.19. The molecular weight excluding hydrogens is 248 g/mol. The van der Waals surface area contributed by atoms with Gasteiger partial charge in [-0.05, 0) is 25.7 Å². The van der Waals surface area contributed by atoms with Gasteiger partial charge in [-0.25, -0.2) is 0 Å². The van der Waals surface area contributed by atoms with Crippen molar-refractivity contribution in [3.63, 3.8) is 0 Å². The SMILES string of the molecule is CCCCCCCCCCC(O)CCCCC(O)CC. The van der Waals surface area contributed by atoms with E-state index < -0.39 is 0 Å². The third-order valence-corrected chi connectivity index (χ3v) is 4.19. The summed E-state index contributed by atoms with van der Waals surface area (Å²) in [6.07, 6.45) is 16.1. The second-order valence-corrected chi connectivity index (χ2v) is 6.26. The molecule has 0 aliphatic carbocycles. The van der Waals surface area contributed by atoms with Gasteiger partial charge in [0.1, 0.15) is 0 Å². The van der Waals surface area contributed by atoms with E-state index in [0.29, 0.717) is 0 Å². The van der Waals surface area contributed by atoms with Crippen molar-refractivity contribution in [3.8, 4) is 0 Å². The minimum absolute atomic E-state index is 0.117. The first-order valence-electron chi connectivity index (χ1n) is 9.06. The molecule has 0 fully saturated rings. The fraction of sp³-hybridized carbons (Fsp3) is 1.00. The summed E-state index contributed by atoms with van der Waals surface area (Å²) in [7, 11) is 0. The molecule has 122 valence electrons. The Morgan fingerprint density at radius 3 is 1.45 bits per heavy atom. The second-order valence-electron chi connectivity index (χ2n) is 6.26. The normalized spacial score (nSPS) is 14.4. The van der Waals surface area contributed by atoms with Crippen LogP contribution < -0.4 is 0 Å². The van der Waals surface area contributed by atoms with Gasteiger partial charge < -0.3 is 10.2 Å². The van der Waals surface area contributed by atoms with E-state index in [2.05, 4.69) is 6.92 Å². The number of aliphatic hydroxyl groups is 2. The van der Waals surface area contributed by atoms with Crippen molar-refractivity contribution in [1.29, 1.82) is 0 Å². The van der Waals surface area contributed by atoms with Gasteiger partial charge in [-0.15, -0.1) is 0 Å². The molecule has 2 unspecified atom stereocenters. The first-order chi connectivity index (χ1) is 9.70. The number of hydrogen-bond acceptors (Lipinski definition) is 2. The Bertz CT molecular complexity index is 182. The molecule has 0 aromatic carbocycles. The quantitative estimate of drug-likeness (QED) is 0.406. The first-order valence-corrected chi connectivity index (χ1v) is 9.06. The summed E-state index contributed by atoms with van der Waals surface area (Å²) >= 11 is 0. The van der Waals surface area contributed by atoms with Gasteiger partial charge in [-0.1, -0.05) is 78.1 Å². The predicted molar refractivity (Wildman–Crippen MR) is 88.0 cm³/mol. The van der Waals surface area contributed by atoms with Gasteiger partial charge in [0.2, 0.25) is 0 Å². The minimum atomic E-state index is -0.139. The number of rotatable bonds is 15. The van der Waals surface area contributed by atoms with Crippen molar-refractivity contribution in [2.45, 2.75) is 116 Å². The van der Waals surface area contributed by atoms with Crippen LogP contribution in [0.4, 0.5) is 0 Å². The zero-order chi connectivity index (χ0) is 15.1. The lowest BCUT2D eigenvalue weighted by Crippen LogP contribution is -2.08.